The molecule has 0 bridgehead atoms. The summed E-state index contributed by atoms with van der Waals surface area (Å²) in [7, 11) is -1.09. The van der Waals surface area contributed by atoms with Crippen LogP contribution in [-0.2, 0) is 37.3 Å². The van der Waals surface area contributed by atoms with Crippen LogP contribution in [0.4, 0.5) is 0 Å². The number of fused-ring (bicyclic) bond motifs is 1. The van der Waals surface area contributed by atoms with Crippen LogP contribution in [0.5, 0.6) is 0 Å². The van der Waals surface area contributed by atoms with Gasteiger partial charge in [0.05, 0.1) is 6.61 Å². The van der Waals surface area contributed by atoms with E-state index in [-0.39, 0.29) is 5.92 Å². The average molecular weight is 453 g/mol. The first-order valence-electron chi connectivity index (χ1n) is 10.2. The molecule has 3 saturated heterocycles. The van der Waals surface area contributed by atoms with Gasteiger partial charge in [-0.2, -0.15) is 0 Å². The first-order chi connectivity index (χ1) is 13.7. The van der Waals surface area contributed by atoms with Gasteiger partial charge in [-0.1, -0.05) is 13.8 Å². The summed E-state index contributed by atoms with van der Waals surface area (Å²) in [4.78, 5) is 0. The molecule has 6 atom stereocenters. The SMILES string of the molecule is COP(=O)(OC)[C@@H](C(C)C)N(O)[C@H]1O[C@H]([C@H]2COC(C)(C)O2)[C@]2(C)OC(C)(C)O[C@H]12. The Bertz CT molecular complexity index is 679. The van der Waals surface area contributed by atoms with Crippen molar-refractivity contribution >= 4 is 7.60 Å². The third-order valence-corrected chi connectivity index (χ3v) is 8.38. The molecule has 30 heavy (non-hydrogen) atoms. The minimum atomic E-state index is -3.67. The molecule has 3 heterocycles. The standard InChI is InChI=1S/C19H36NO9P/c1-11(2)16(30(22,23-8)24-9)20(21)15-14-19(7,29-18(5,6)28-14)13(26-15)12-10-25-17(3,4)27-12/h11-16,21H,10H2,1-9H3/t12-,13-,14-,15+,16+,19+/m1/s1. The third-order valence-electron chi connectivity index (χ3n) is 5.88. The van der Waals surface area contributed by atoms with E-state index < -0.39 is 55.1 Å². The Kier molecular flexibility index (Phi) is 6.55. The quantitative estimate of drug-likeness (QED) is 0.457. The summed E-state index contributed by atoms with van der Waals surface area (Å²) < 4.78 is 54.0. The molecule has 0 amide bonds. The lowest BCUT2D eigenvalue weighted by Crippen LogP contribution is -2.52. The number of rotatable bonds is 7. The van der Waals surface area contributed by atoms with E-state index in [1.165, 1.54) is 14.2 Å². The van der Waals surface area contributed by atoms with Gasteiger partial charge in [-0.15, -0.1) is 5.06 Å². The van der Waals surface area contributed by atoms with Crippen molar-refractivity contribution in [3.63, 3.8) is 0 Å². The number of hydrogen-bond donors (Lipinski definition) is 1. The van der Waals surface area contributed by atoms with Crippen molar-refractivity contribution < 1.29 is 42.5 Å². The smallest absolute Gasteiger partial charge is 0.349 e. The molecule has 0 aromatic carbocycles. The van der Waals surface area contributed by atoms with Crippen LogP contribution in [0, 0.1) is 5.92 Å². The number of hydroxylamine groups is 2. The maximum atomic E-state index is 13.2. The summed E-state index contributed by atoms with van der Waals surface area (Å²) >= 11 is 0. The molecule has 3 aliphatic heterocycles. The average Bonchev–Trinajstić information content (AvgIpc) is 3.19. The summed E-state index contributed by atoms with van der Waals surface area (Å²) in [6.07, 6.45) is -2.70. The molecular weight excluding hydrogens is 417 g/mol. The van der Waals surface area contributed by atoms with Gasteiger partial charge in [0, 0.05) is 14.2 Å². The zero-order chi connectivity index (χ0) is 22.7. The van der Waals surface area contributed by atoms with Crippen molar-refractivity contribution in [1.29, 1.82) is 0 Å². The van der Waals surface area contributed by atoms with Crippen LogP contribution in [0.3, 0.4) is 0 Å². The van der Waals surface area contributed by atoms with Crippen molar-refractivity contribution in [2.45, 2.75) is 96.0 Å². The van der Waals surface area contributed by atoms with Crippen molar-refractivity contribution in [1.82, 2.24) is 5.06 Å². The Labute approximate surface area is 178 Å². The van der Waals surface area contributed by atoms with E-state index >= 15 is 0 Å². The van der Waals surface area contributed by atoms with E-state index in [1.54, 1.807) is 13.8 Å². The topological polar surface area (TPSA) is 105 Å². The Hall–Kier alpha value is -0.130. The van der Waals surface area contributed by atoms with Crippen LogP contribution in [0.2, 0.25) is 0 Å². The second-order valence-electron chi connectivity index (χ2n) is 9.48. The fraction of sp³-hybridized carbons (Fsp3) is 1.00. The molecule has 3 fully saturated rings. The lowest BCUT2D eigenvalue weighted by atomic mass is 9.91. The Morgan fingerprint density at radius 1 is 1.03 bits per heavy atom. The summed E-state index contributed by atoms with van der Waals surface area (Å²) in [5.41, 5.74) is -0.935. The maximum absolute atomic E-state index is 13.2. The molecule has 0 saturated carbocycles. The van der Waals surface area contributed by atoms with Crippen molar-refractivity contribution in [2.75, 3.05) is 20.8 Å². The predicted octanol–water partition coefficient (Wildman–Crippen LogP) is 2.93. The van der Waals surface area contributed by atoms with Crippen LogP contribution in [0.15, 0.2) is 0 Å². The second-order valence-corrected chi connectivity index (χ2v) is 11.8. The number of hydrogen-bond acceptors (Lipinski definition) is 10. The first kappa shape index (κ1) is 24.5. The van der Waals surface area contributed by atoms with Gasteiger partial charge in [-0.25, -0.2) is 0 Å². The van der Waals surface area contributed by atoms with E-state index in [9.17, 15) is 9.77 Å². The van der Waals surface area contributed by atoms with E-state index in [2.05, 4.69) is 0 Å². The summed E-state index contributed by atoms with van der Waals surface area (Å²) in [5.74, 6) is -2.93. The Balaban J connectivity index is 1.95. The molecule has 3 rings (SSSR count). The van der Waals surface area contributed by atoms with Crippen molar-refractivity contribution in [3.8, 4) is 0 Å². The maximum Gasteiger partial charge on any atom is 0.349 e. The summed E-state index contributed by atoms with van der Waals surface area (Å²) in [5, 5.41) is 12.1. The highest BCUT2D eigenvalue weighted by atomic mass is 31.2. The van der Waals surface area contributed by atoms with Crippen LogP contribution in [0.1, 0.15) is 48.5 Å². The molecule has 0 aromatic rings. The van der Waals surface area contributed by atoms with Crippen LogP contribution >= 0.6 is 7.60 Å². The molecule has 10 nitrogen and oxygen atoms in total. The molecule has 11 heteroatoms. The van der Waals surface area contributed by atoms with E-state index in [0.29, 0.717) is 6.61 Å². The molecule has 1 N–H and O–H groups in total. The number of ether oxygens (including phenoxy) is 5. The van der Waals surface area contributed by atoms with Gasteiger partial charge in [0.25, 0.3) is 0 Å². The highest BCUT2D eigenvalue weighted by Gasteiger charge is 2.68. The van der Waals surface area contributed by atoms with Gasteiger partial charge >= 0.3 is 7.60 Å². The van der Waals surface area contributed by atoms with Gasteiger partial charge in [-0.05, 0) is 40.5 Å². The zero-order valence-electron chi connectivity index (χ0n) is 19.3. The Morgan fingerprint density at radius 3 is 2.10 bits per heavy atom. The van der Waals surface area contributed by atoms with Gasteiger partial charge < -0.3 is 37.9 Å². The molecule has 176 valence electrons. The Morgan fingerprint density at radius 2 is 1.63 bits per heavy atom. The van der Waals surface area contributed by atoms with E-state index in [0.717, 1.165) is 5.06 Å². The van der Waals surface area contributed by atoms with Gasteiger partial charge in [0.15, 0.2) is 17.8 Å². The minimum absolute atomic E-state index is 0.282. The summed E-state index contributed by atoms with van der Waals surface area (Å²) in [6.45, 7) is 13.1. The van der Waals surface area contributed by atoms with Gasteiger partial charge in [-0.3, -0.25) is 4.57 Å². The van der Waals surface area contributed by atoms with Crippen molar-refractivity contribution in [3.05, 3.63) is 0 Å². The first-order valence-corrected chi connectivity index (χ1v) is 11.8. The van der Waals surface area contributed by atoms with Crippen LogP contribution < -0.4 is 0 Å². The molecule has 0 radical (unpaired) electrons. The summed E-state index contributed by atoms with van der Waals surface area (Å²) in [6, 6.07) is 0. The largest absolute Gasteiger partial charge is 0.349 e. The molecule has 0 aromatic heterocycles. The predicted molar refractivity (Wildman–Crippen MR) is 106 cm³/mol. The molecule has 0 unspecified atom stereocenters. The molecule has 0 spiro atoms. The lowest BCUT2D eigenvalue weighted by Gasteiger charge is -2.37. The fourth-order valence-corrected chi connectivity index (χ4v) is 6.46. The highest BCUT2D eigenvalue weighted by molar-refractivity contribution is 7.54. The normalized spacial score (nSPS) is 39.1. The minimum Gasteiger partial charge on any atom is -0.349 e. The monoisotopic (exact) mass is 453 g/mol. The molecule has 3 aliphatic rings. The molecule has 0 aliphatic carbocycles. The van der Waals surface area contributed by atoms with E-state index in [4.69, 9.17) is 32.7 Å². The van der Waals surface area contributed by atoms with Crippen LogP contribution in [0.25, 0.3) is 0 Å². The third kappa shape index (κ3) is 4.12. The zero-order valence-corrected chi connectivity index (χ0v) is 20.2. The lowest BCUT2D eigenvalue weighted by molar-refractivity contribution is -0.283. The number of nitrogens with zero attached hydrogens (tertiary/aromatic N) is 1. The van der Waals surface area contributed by atoms with Gasteiger partial charge in [0.1, 0.15) is 29.7 Å². The van der Waals surface area contributed by atoms with Gasteiger partial charge in [0.2, 0.25) is 0 Å². The second kappa shape index (κ2) is 8.02. The van der Waals surface area contributed by atoms with E-state index in [1.807, 2.05) is 34.6 Å². The van der Waals surface area contributed by atoms with Crippen molar-refractivity contribution in [2.24, 2.45) is 5.92 Å². The fourth-order valence-electron chi connectivity index (χ4n) is 4.73. The van der Waals surface area contributed by atoms with Crippen LogP contribution in [-0.4, -0.2) is 78.6 Å². The highest BCUT2D eigenvalue weighted by Crippen LogP contribution is 2.57. The molecular formula is C19H36NO9P.